The molecule has 0 rings (SSSR count). The molecular formula is C11H21N. The monoisotopic (exact) mass is 167 g/mol. The highest BCUT2D eigenvalue weighted by atomic mass is 14.8. The van der Waals surface area contributed by atoms with Crippen LogP contribution in [0, 0.1) is 0 Å². The summed E-state index contributed by atoms with van der Waals surface area (Å²) in [5, 5.41) is 3.38. The first-order valence-corrected chi connectivity index (χ1v) is 4.80. The summed E-state index contributed by atoms with van der Waals surface area (Å²) < 4.78 is 0. The van der Waals surface area contributed by atoms with Gasteiger partial charge in [-0.3, -0.25) is 0 Å². The standard InChI is InChI=1S/C11H21N/c1-4-6-7-11(3)8-10-12-9-5-2/h4,6-7,12H,5,8-10H2,1-3H3/b6-4-,11-7+. The van der Waals surface area contributed by atoms with Crippen molar-refractivity contribution in [2.45, 2.75) is 33.6 Å². The second kappa shape index (κ2) is 8.54. The highest BCUT2D eigenvalue weighted by Crippen LogP contribution is 1.98. The Labute approximate surface area is 76.6 Å². The predicted octanol–water partition coefficient (Wildman–Crippen LogP) is 2.90. The molecule has 0 aliphatic carbocycles. The quantitative estimate of drug-likeness (QED) is 0.474. The molecule has 0 unspecified atom stereocenters. The largest absolute Gasteiger partial charge is 0.316 e. The molecule has 12 heavy (non-hydrogen) atoms. The van der Waals surface area contributed by atoms with Gasteiger partial charge in [-0.15, -0.1) is 0 Å². The SMILES string of the molecule is C/C=C\C=C(/C)CCNCCC. The van der Waals surface area contributed by atoms with E-state index >= 15 is 0 Å². The summed E-state index contributed by atoms with van der Waals surface area (Å²) in [5.41, 5.74) is 1.44. The Morgan fingerprint density at radius 2 is 2.08 bits per heavy atom. The maximum Gasteiger partial charge on any atom is -0.00116 e. The zero-order valence-electron chi connectivity index (χ0n) is 8.56. The Balaban J connectivity index is 3.36. The zero-order chi connectivity index (χ0) is 9.23. The molecule has 1 nitrogen and oxygen atoms in total. The first-order chi connectivity index (χ1) is 5.81. The average molecular weight is 167 g/mol. The van der Waals surface area contributed by atoms with Gasteiger partial charge in [0.25, 0.3) is 0 Å². The van der Waals surface area contributed by atoms with Crippen LogP contribution >= 0.6 is 0 Å². The lowest BCUT2D eigenvalue weighted by atomic mass is 10.2. The minimum absolute atomic E-state index is 1.10. The molecule has 0 bridgehead atoms. The number of hydrogen-bond donors (Lipinski definition) is 1. The number of hydrogen-bond acceptors (Lipinski definition) is 1. The van der Waals surface area contributed by atoms with Gasteiger partial charge in [-0.1, -0.05) is 30.7 Å². The Morgan fingerprint density at radius 3 is 2.67 bits per heavy atom. The van der Waals surface area contributed by atoms with Gasteiger partial charge in [0, 0.05) is 0 Å². The van der Waals surface area contributed by atoms with E-state index in [-0.39, 0.29) is 0 Å². The van der Waals surface area contributed by atoms with E-state index in [4.69, 9.17) is 0 Å². The maximum absolute atomic E-state index is 3.38. The van der Waals surface area contributed by atoms with Gasteiger partial charge in [0.1, 0.15) is 0 Å². The van der Waals surface area contributed by atoms with Crippen molar-refractivity contribution < 1.29 is 0 Å². The van der Waals surface area contributed by atoms with E-state index in [0.29, 0.717) is 0 Å². The molecule has 0 aromatic carbocycles. The van der Waals surface area contributed by atoms with Crippen molar-refractivity contribution in [3.05, 3.63) is 23.8 Å². The van der Waals surface area contributed by atoms with Crippen LogP contribution in [0.25, 0.3) is 0 Å². The summed E-state index contributed by atoms with van der Waals surface area (Å²) >= 11 is 0. The predicted molar refractivity (Wildman–Crippen MR) is 56.3 cm³/mol. The fourth-order valence-corrected chi connectivity index (χ4v) is 0.931. The van der Waals surface area contributed by atoms with Crippen molar-refractivity contribution in [3.8, 4) is 0 Å². The first kappa shape index (κ1) is 11.4. The fraction of sp³-hybridized carbons (Fsp3) is 0.636. The molecule has 0 aromatic rings. The van der Waals surface area contributed by atoms with E-state index in [1.165, 1.54) is 12.0 Å². The van der Waals surface area contributed by atoms with Crippen LogP contribution < -0.4 is 5.32 Å². The summed E-state index contributed by atoms with van der Waals surface area (Å²) in [6.45, 7) is 8.65. The summed E-state index contributed by atoms with van der Waals surface area (Å²) in [6.07, 6.45) is 8.70. The Morgan fingerprint density at radius 1 is 1.33 bits per heavy atom. The van der Waals surface area contributed by atoms with E-state index < -0.39 is 0 Å². The Kier molecular flexibility index (Phi) is 8.14. The second-order valence-corrected chi connectivity index (χ2v) is 3.04. The minimum atomic E-state index is 1.10. The van der Waals surface area contributed by atoms with Gasteiger partial charge < -0.3 is 5.32 Å². The van der Waals surface area contributed by atoms with Gasteiger partial charge in [-0.05, 0) is 39.8 Å². The van der Waals surface area contributed by atoms with E-state index in [2.05, 4.69) is 37.4 Å². The molecule has 0 saturated carbocycles. The number of allylic oxidation sites excluding steroid dienone is 3. The topological polar surface area (TPSA) is 12.0 Å². The van der Waals surface area contributed by atoms with Crippen LogP contribution in [-0.4, -0.2) is 13.1 Å². The van der Waals surface area contributed by atoms with Crippen molar-refractivity contribution in [2.24, 2.45) is 0 Å². The van der Waals surface area contributed by atoms with Crippen LogP contribution in [0.1, 0.15) is 33.6 Å². The van der Waals surface area contributed by atoms with Crippen LogP contribution in [0.3, 0.4) is 0 Å². The van der Waals surface area contributed by atoms with Crippen molar-refractivity contribution >= 4 is 0 Å². The second-order valence-electron chi connectivity index (χ2n) is 3.04. The van der Waals surface area contributed by atoms with Crippen molar-refractivity contribution in [3.63, 3.8) is 0 Å². The van der Waals surface area contributed by atoms with Gasteiger partial charge in [0.2, 0.25) is 0 Å². The smallest absolute Gasteiger partial charge is 0.00116 e. The average Bonchev–Trinajstić information content (AvgIpc) is 2.09. The number of nitrogens with one attached hydrogen (secondary N) is 1. The van der Waals surface area contributed by atoms with Crippen LogP contribution in [0.15, 0.2) is 23.8 Å². The molecule has 0 heterocycles. The highest BCUT2D eigenvalue weighted by molar-refractivity contribution is 5.09. The molecule has 0 fully saturated rings. The van der Waals surface area contributed by atoms with E-state index in [1.807, 2.05) is 6.92 Å². The van der Waals surface area contributed by atoms with Gasteiger partial charge in [-0.25, -0.2) is 0 Å². The molecule has 0 aliphatic rings. The molecule has 1 heteroatoms. The van der Waals surface area contributed by atoms with Crippen LogP contribution in [0.4, 0.5) is 0 Å². The van der Waals surface area contributed by atoms with Crippen molar-refractivity contribution in [1.82, 2.24) is 5.32 Å². The van der Waals surface area contributed by atoms with Crippen LogP contribution in [0.2, 0.25) is 0 Å². The van der Waals surface area contributed by atoms with E-state index in [1.54, 1.807) is 0 Å². The van der Waals surface area contributed by atoms with E-state index in [9.17, 15) is 0 Å². The Hall–Kier alpha value is -0.560. The maximum atomic E-state index is 3.38. The van der Waals surface area contributed by atoms with Crippen molar-refractivity contribution in [1.29, 1.82) is 0 Å². The third kappa shape index (κ3) is 7.55. The van der Waals surface area contributed by atoms with Gasteiger partial charge in [0.05, 0.1) is 0 Å². The minimum Gasteiger partial charge on any atom is -0.316 e. The third-order valence-corrected chi connectivity index (χ3v) is 1.70. The van der Waals surface area contributed by atoms with Crippen LogP contribution in [-0.2, 0) is 0 Å². The first-order valence-electron chi connectivity index (χ1n) is 4.80. The molecule has 0 aromatic heterocycles. The summed E-state index contributed by atoms with van der Waals surface area (Å²) in [5.74, 6) is 0. The molecule has 0 spiro atoms. The number of rotatable bonds is 6. The normalized spacial score (nSPS) is 12.8. The lowest BCUT2D eigenvalue weighted by Gasteiger charge is -2.01. The summed E-state index contributed by atoms with van der Waals surface area (Å²) in [7, 11) is 0. The van der Waals surface area contributed by atoms with Gasteiger partial charge in [-0.2, -0.15) is 0 Å². The molecule has 0 aliphatic heterocycles. The molecule has 70 valence electrons. The highest BCUT2D eigenvalue weighted by Gasteiger charge is 1.87. The zero-order valence-corrected chi connectivity index (χ0v) is 8.56. The lowest BCUT2D eigenvalue weighted by Crippen LogP contribution is -2.15. The molecule has 0 radical (unpaired) electrons. The van der Waals surface area contributed by atoms with E-state index in [0.717, 1.165) is 19.5 Å². The molecule has 0 amide bonds. The molecule has 0 atom stereocenters. The molecule has 0 saturated heterocycles. The Bertz CT molecular complexity index is 145. The van der Waals surface area contributed by atoms with Crippen LogP contribution in [0.5, 0.6) is 0 Å². The summed E-state index contributed by atoms with van der Waals surface area (Å²) in [4.78, 5) is 0. The van der Waals surface area contributed by atoms with Gasteiger partial charge >= 0.3 is 0 Å². The fourth-order valence-electron chi connectivity index (χ4n) is 0.931. The molecule has 1 N–H and O–H groups in total. The van der Waals surface area contributed by atoms with Gasteiger partial charge in [0.15, 0.2) is 0 Å². The molecular weight excluding hydrogens is 146 g/mol. The summed E-state index contributed by atoms with van der Waals surface area (Å²) in [6, 6.07) is 0. The lowest BCUT2D eigenvalue weighted by molar-refractivity contribution is 0.669. The van der Waals surface area contributed by atoms with Crippen molar-refractivity contribution in [2.75, 3.05) is 13.1 Å². The third-order valence-electron chi connectivity index (χ3n) is 1.70.